The van der Waals surface area contributed by atoms with E-state index in [9.17, 15) is 8.42 Å². The van der Waals surface area contributed by atoms with Crippen molar-refractivity contribution in [1.82, 2.24) is 9.21 Å². The van der Waals surface area contributed by atoms with Crippen LogP contribution in [0.5, 0.6) is 0 Å². The van der Waals surface area contributed by atoms with Crippen molar-refractivity contribution in [2.75, 3.05) is 32.7 Å². The summed E-state index contributed by atoms with van der Waals surface area (Å²) in [6.07, 6.45) is 0. The van der Waals surface area contributed by atoms with E-state index in [1.165, 1.54) is 0 Å². The predicted molar refractivity (Wildman–Crippen MR) is 85.9 cm³/mol. The number of hydrogen-bond acceptors (Lipinski definition) is 4. The fraction of sp³-hybridized carbons (Fsp3) is 0.562. The number of piperazine rings is 1. The normalized spacial score (nSPS) is 18.8. The Morgan fingerprint density at radius 1 is 1.23 bits per heavy atom. The zero-order valence-corrected chi connectivity index (χ0v) is 14.2. The van der Waals surface area contributed by atoms with Crippen molar-refractivity contribution in [3.8, 4) is 6.07 Å². The molecular formula is C16H23N3O2S. The Labute approximate surface area is 133 Å². The highest BCUT2D eigenvalue weighted by molar-refractivity contribution is 7.89. The van der Waals surface area contributed by atoms with Gasteiger partial charge in [-0.15, -0.1) is 0 Å². The van der Waals surface area contributed by atoms with Crippen LogP contribution in [-0.4, -0.2) is 50.3 Å². The summed E-state index contributed by atoms with van der Waals surface area (Å²) >= 11 is 0. The first-order valence-corrected chi connectivity index (χ1v) is 8.98. The van der Waals surface area contributed by atoms with E-state index in [0.717, 1.165) is 11.1 Å². The first-order chi connectivity index (χ1) is 10.3. The van der Waals surface area contributed by atoms with Crippen molar-refractivity contribution < 1.29 is 8.42 Å². The van der Waals surface area contributed by atoms with Crippen LogP contribution in [0, 0.1) is 31.1 Å². The zero-order valence-electron chi connectivity index (χ0n) is 13.4. The van der Waals surface area contributed by atoms with Crippen molar-refractivity contribution in [3.63, 3.8) is 0 Å². The number of aryl methyl sites for hydroxylation is 2. The monoisotopic (exact) mass is 321 g/mol. The largest absolute Gasteiger partial charge is 0.299 e. The molecule has 0 aliphatic carbocycles. The third kappa shape index (κ3) is 3.67. The van der Waals surface area contributed by atoms with Crippen LogP contribution < -0.4 is 0 Å². The van der Waals surface area contributed by atoms with Gasteiger partial charge in [-0.05, 0) is 38.0 Å². The van der Waals surface area contributed by atoms with Gasteiger partial charge in [0, 0.05) is 32.7 Å². The molecule has 0 bridgehead atoms. The van der Waals surface area contributed by atoms with E-state index < -0.39 is 10.0 Å². The van der Waals surface area contributed by atoms with E-state index in [2.05, 4.69) is 11.0 Å². The van der Waals surface area contributed by atoms with Gasteiger partial charge in [-0.25, -0.2) is 8.42 Å². The summed E-state index contributed by atoms with van der Waals surface area (Å²) in [7, 11) is -3.43. The number of sulfonamides is 1. The minimum absolute atomic E-state index is 0.0258. The van der Waals surface area contributed by atoms with E-state index in [0.29, 0.717) is 37.6 Å². The average molecular weight is 321 g/mol. The van der Waals surface area contributed by atoms with Gasteiger partial charge < -0.3 is 0 Å². The van der Waals surface area contributed by atoms with Crippen LogP contribution in [0.4, 0.5) is 0 Å². The number of rotatable bonds is 4. The first-order valence-electron chi connectivity index (χ1n) is 7.54. The number of nitriles is 1. The molecule has 1 aliphatic heterocycles. The molecule has 0 unspecified atom stereocenters. The molecule has 1 aromatic rings. The van der Waals surface area contributed by atoms with Gasteiger partial charge in [0.25, 0.3) is 0 Å². The van der Waals surface area contributed by atoms with Crippen LogP contribution in [0.25, 0.3) is 0 Å². The molecule has 1 fully saturated rings. The maximum atomic E-state index is 12.8. The lowest BCUT2D eigenvalue weighted by Gasteiger charge is -2.34. The van der Waals surface area contributed by atoms with Gasteiger partial charge in [-0.3, -0.25) is 4.90 Å². The maximum absolute atomic E-state index is 12.8. The van der Waals surface area contributed by atoms with Crippen molar-refractivity contribution in [1.29, 1.82) is 5.26 Å². The number of hydrogen-bond donors (Lipinski definition) is 0. The van der Waals surface area contributed by atoms with Gasteiger partial charge in [-0.2, -0.15) is 9.57 Å². The quantitative estimate of drug-likeness (QED) is 0.848. The Morgan fingerprint density at radius 2 is 1.86 bits per heavy atom. The molecule has 1 saturated heterocycles. The standard InChI is InChI=1S/C16H23N3O2S/c1-13-4-5-15(3)16(10-13)22(20,21)19-8-6-18(7-9-19)12-14(2)11-17/h4-5,10,14H,6-9,12H2,1-3H3/t14-/m1/s1. The molecule has 0 radical (unpaired) electrons. The van der Waals surface area contributed by atoms with Crippen LogP contribution >= 0.6 is 0 Å². The summed E-state index contributed by atoms with van der Waals surface area (Å²) in [5.41, 5.74) is 1.73. The molecule has 22 heavy (non-hydrogen) atoms. The van der Waals surface area contributed by atoms with Crippen molar-refractivity contribution >= 4 is 10.0 Å². The molecule has 0 N–H and O–H groups in total. The van der Waals surface area contributed by atoms with Gasteiger partial charge in [0.2, 0.25) is 10.0 Å². The Bertz CT molecular complexity index is 671. The van der Waals surface area contributed by atoms with E-state index in [1.54, 1.807) is 10.4 Å². The van der Waals surface area contributed by atoms with Gasteiger partial charge in [-0.1, -0.05) is 12.1 Å². The Balaban J connectivity index is 2.10. The van der Waals surface area contributed by atoms with Gasteiger partial charge >= 0.3 is 0 Å². The average Bonchev–Trinajstić information content (AvgIpc) is 2.50. The second-order valence-corrected chi connectivity index (χ2v) is 7.91. The Kier molecular flexibility index (Phi) is 5.22. The van der Waals surface area contributed by atoms with Crippen LogP contribution in [-0.2, 0) is 10.0 Å². The number of nitrogens with zero attached hydrogens (tertiary/aromatic N) is 3. The highest BCUT2D eigenvalue weighted by Gasteiger charge is 2.29. The molecule has 0 spiro atoms. The molecule has 1 atom stereocenters. The highest BCUT2D eigenvalue weighted by atomic mass is 32.2. The molecule has 0 amide bonds. The molecule has 2 rings (SSSR count). The van der Waals surface area contributed by atoms with E-state index in [-0.39, 0.29) is 5.92 Å². The summed E-state index contributed by atoms with van der Waals surface area (Å²) in [6.45, 7) is 8.64. The van der Waals surface area contributed by atoms with Crippen molar-refractivity contribution in [2.24, 2.45) is 5.92 Å². The minimum Gasteiger partial charge on any atom is -0.299 e. The van der Waals surface area contributed by atoms with Crippen molar-refractivity contribution in [3.05, 3.63) is 29.3 Å². The molecule has 0 aromatic heterocycles. The van der Waals surface area contributed by atoms with Crippen molar-refractivity contribution in [2.45, 2.75) is 25.7 Å². The second-order valence-electron chi connectivity index (χ2n) is 6.00. The molecule has 5 nitrogen and oxygen atoms in total. The van der Waals surface area contributed by atoms with Gasteiger partial charge in [0.1, 0.15) is 0 Å². The van der Waals surface area contributed by atoms with Crippen LogP contribution in [0.1, 0.15) is 18.1 Å². The molecule has 0 saturated carbocycles. The fourth-order valence-electron chi connectivity index (χ4n) is 2.70. The SMILES string of the molecule is Cc1ccc(C)c(S(=O)(=O)N2CCN(C[C@H](C)C#N)CC2)c1. The lowest BCUT2D eigenvalue weighted by molar-refractivity contribution is 0.178. The topological polar surface area (TPSA) is 64.4 Å². The second kappa shape index (κ2) is 6.78. The highest BCUT2D eigenvalue weighted by Crippen LogP contribution is 2.22. The van der Waals surface area contributed by atoms with Gasteiger partial charge in [0.15, 0.2) is 0 Å². The van der Waals surface area contributed by atoms with Gasteiger partial charge in [0.05, 0.1) is 16.9 Å². The lowest BCUT2D eigenvalue weighted by Crippen LogP contribution is -2.49. The summed E-state index contributed by atoms with van der Waals surface area (Å²) in [5, 5.41) is 8.87. The third-order valence-electron chi connectivity index (χ3n) is 4.05. The molecule has 6 heteroatoms. The molecular weight excluding hydrogens is 298 g/mol. The minimum atomic E-state index is -3.43. The smallest absolute Gasteiger partial charge is 0.243 e. The maximum Gasteiger partial charge on any atom is 0.243 e. The third-order valence-corrected chi connectivity index (χ3v) is 6.09. The summed E-state index contributed by atoms with van der Waals surface area (Å²) < 4.78 is 27.2. The summed E-state index contributed by atoms with van der Waals surface area (Å²) in [5.74, 6) is -0.0258. The van der Waals surface area contributed by atoms with Crippen LogP contribution in [0.15, 0.2) is 23.1 Å². The summed E-state index contributed by atoms with van der Waals surface area (Å²) in [4.78, 5) is 2.56. The lowest BCUT2D eigenvalue weighted by atomic mass is 10.2. The van der Waals surface area contributed by atoms with Crippen LogP contribution in [0.2, 0.25) is 0 Å². The van der Waals surface area contributed by atoms with E-state index >= 15 is 0 Å². The molecule has 1 heterocycles. The van der Waals surface area contributed by atoms with E-state index in [1.807, 2.05) is 32.9 Å². The summed E-state index contributed by atoms with van der Waals surface area (Å²) in [6, 6.07) is 7.74. The molecule has 1 aliphatic rings. The Morgan fingerprint density at radius 3 is 2.45 bits per heavy atom. The van der Waals surface area contributed by atoms with E-state index in [4.69, 9.17) is 5.26 Å². The molecule has 120 valence electrons. The number of benzene rings is 1. The predicted octanol–water partition coefficient (Wildman–Crippen LogP) is 1.77. The van der Waals surface area contributed by atoms with Crippen LogP contribution in [0.3, 0.4) is 0 Å². The first kappa shape index (κ1) is 16.9. The molecule has 1 aromatic carbocycles. The zero-order chi connectivity index (χ0) is 16.3. The fourth-order valence-corrected chi connectivity index (χ4v) is 4.44. The Hall–Kier alpha value is -1.42.